The van der Waals surface area contributed by atoms with E-state index >= 15 is 0 Å². The molecule has 1 fully saturated rings. The minimum Gasteiger partial charge on any atom is -0.342 e. The van der Waals surface area contributed by atoms with Gasteiger partial charge in [-0.2, -0.15) is 0 Å². The summed E-state index contributed by atoms with van der Waals surface area (Å²) in [7, 11) is 1.95. The summed E-state index contributed by atoms with van der Waals surface area (Å²) in [4.78, 5) is 17.7. The molecule has 1 amide bonds. The molecule has 4 rings (SSSR count). The minimum atomic E-state index is -0.280. The molecule has 1 saturated carbocycles. The number of aromatic nitrogens is 6. The third-order valence-electron chi connectivity index (χ3n) is 5.89. The highest BCUT2D eigenvalue weighted by Gasteiger charge is 2.36. The van der Waals surface area contributed by atoms with E-state index in [0.717, 1.165) is 37.1 Å². The SMILES string of the molecule is Cn1ccnc1C(NC(=O)CC1(Cn2cnnn2)CCCCC1)c1ccccc1. The van der Waals surface area contributed by atoms with Crippen molar-refractivity contribution in [1.29, 1.82) is 0 Å². The van der Waals surface area contributed by atoms with Crippen molar-refractivity contribution in [1.82, 2.24) is 35.1 Å². The lowest BCUT2D eigenvalue weighted by molar-refractivity contribution is -0.125. The van der Waals surface area contributed by atoms with Crippen molar-refractivity contribution in [2.75, 3.05) is 0 Å². The van der Waals surface area contributed by atoms with Crippen LogP contribution in [0.4, 0.5) is 0 Å². The first-order chi connectivity index (χ1) is 14.2. The van der Waals surface area contributed by atoms with Gasteiger partial charge in [0, 0.05) is 25.9 Å². The number of aryl methyl sites for hydroxylation is 1. The van der Waals surface area contributed by atoms with E-state index in [0.29, 0.717) is 13.0 Å². The molecule has 1 unspecified atom stereocenters. The summed E-state index contributed by atoms with van der Waals surface area (Å²) in [6.07, 6.45) is 11.3. The van der Waals surface area contributed by atoms with Gasteiger partial charge in [-0.1, -0.05) is 49.6 Å². The predicted octanol–water partition coefficient (Wildman–Crippen LogP) is 2.65. The summed E-state index contributed by atoms with van der Waals surface area (Å²) in [5, 5.41) is 14.8. The van der Waals surface area contributed by atoms with Crippen LogP contribution in [-0.4, -0.2) is 35.7 Å². The van der Waals surface area contributed by atoms with Gasteiger partial charge in [-0.3, -0.25) is 4.79 Å². The number of benzene rings is 1. The fraction of sp³-hybridized carbons (Fsp3) is 0.476. The third kappa shape index (κ3) is 4.52. The number of hydrogen-bond acceptors (Lipinski definition) is 5. The van der Waals surface area contributed by atoms with Crippen LogP contribution < -0.4 is 5.32 Å². The maximum absolute atomic E-state index is 13.2. The Bertz CT molecular complexity index is 914. The highest BCUT2D eigenvalue weighted by Crippen LogP contribution is 2.41. The first kappa shape index (κ1) is 19.3. The molecule has 0 aliphatic heterocycles. The van der Waals surface area contributed by atoms with E-state index in [1.54, 1.807) is 17.2 Å². The number of carbonyl (C=O) groups is 1. The van der Waals surface area contributed by atoms with E-state index in [1.807, 2.05) is 48.1 Å². The average molecular weight is 393 g/mol. The Morgan fingerprint density at radius 3 is 2.66 bits per heavy atom. The highest BCUT2D eigenvalue weighted by atomic mass is 16.1. The standard InChI is InChI=1S/C21H27N7O/c1-27-13-12-22-20(27)19(17-8-4-2-5-9-17)24-18(29)14-21(10-6-3-7-11-21)15-28-16-23-25-26-28/h2,4-5,8-9,12-13,16,19H,3,6-7,10-11,14-15H2,1H3,(H,24,29). The van der Waals surface area contributed by atoms with E-state index in [-0.39, 0.29) is 17.4 Å². The number of imidazole rings is 1. The molecular formula is C21H27N7O. The number of amides is 1. The first-order valence-corrected chi connectivity index (χ1v) is 10.2. The summed E-state index contributed by atoms with van der Waals surface area (Å²) < 4.78 is 3.71. The molecule has 0 saturated heterocycles. The largest absolute Gasteiger partial charge is 0.342 e. The maximum atomic E-state index is 13.2. The zero-order valence-electron chi connectivity index (χ0n) is 16.7. The van der Waals surface area contributed by atoms with Crippen LogP contribution in [0.3, 0.4) is 0 Å². The quantitative estimate of drug-likeness (QED) is 0.666. The summed E-state index contributed by atoms with van der Waals surface area (Å²) in [5.74, 6) is 0.861. The number of carbonyl (C=O) groups excluding carboxylic acids is 1. The van der Waals surface area contributed by atoms with E-state index in [2.05, 4.69) is 25.8 Å². The van der Waals surface area contributed by atoms with Gasteiger partial charge in [-0.15, -0.1) is 5.10 Å². The van der Waals surface area contributed by atoms with Gasteiger partial charge in [-0.25, -0.2) is 9.67 Å². The second-order valence-electron chi connectivity index (χ2n) is 8.05. The number of hydrogen-bond donors (Lipinski definition) is 1. The summed E-state index contributed by atoms with van der Waals surface area (Å²) >= 11 is 0. The van der Waals surface area contributed by atoms with Crippen molar-refractivity contribution in [2.24, 2.45) is 12.5 Å². The minimum absolute atomic E-state index is 0.0387. The molecular weight excluding hydrogens is 366 g/mol. The summed E-state index contributed by atoms with van der Waals surface area (Å²) in [5.41, 5.74) is 0.911. The van der Waals surface area contributed by atoms with Crippen LogP contribution in [0.5, 0.6) is 0 Å². The molecule has 1 aromatic carbocycles. The zero-order chi connectivity index (χ0) is 20.1. The Morgan fingerprint density at radius 2 is 2.00 bits per heavy atom. The molecule has 152 valence electrons. The van der Waals surface area contributed by atoms with Crippen LogP contribution in [-0.2, 0) is 18.4 Å². The Balaban J connectivity index is 1.54. The van der Waals surface area contributed by atoms with Gasteiger partial charge < -0.3 is 9.88 Å². The zero-order valence-corrected chi connectivity index (χ0v) is 16.7. The van der Waals surface area contributed by atoms with E-state index in [1.165, 1.54) is 6.42 Å². The van der Waals surface area contributed by atoms with Crippen molar-refractivity contribution < 1.29 is 4.79 Å². The second-order valence-corrected chi connectivity index (χ2v) is 8.05. The third-order valence-corrected chi connectivity index (χ3v) is 5.89. The molecule has 3 aromatic rings. The maximum Gasteiger partial charge on any atom is 0.221 e. The van der Waals surface area contributed by atoms with Crippen molar-refractivity contribution in [3.05, 3.63) is 60.4 Å². The summed E-state index contributed by atoms with van der Waals surface area (Å²) in [6.45, 7) is 0.672. The molecule has 1 atom stereocenters. The lowest BCUT2D eigenvalue weighted by Gasteiger charge is -2.36. The lowest BCUT2D eigenvalue weighted by atomic mass is 9.71. The van der Waals surface area contributed by atoms with Crippen LogP contribution in [0.15, 0.2) is 49.1 Å². The lowest BCUT2D eigenvalue weighted by Crippen LogP contribution is -2.38. The predicted molar refractivity (Wildman–Crippen MR) is 108 cm³/mol. The van der Waals surface area contributed by atoms with Gasteiger partial charge >= 0.3 is 0 Å². The van der Waals surface area contributed by atoms with Gasteiger partial charge in [0.15, 0.2) is 0 Å². The monoisotopic (exact) mass is 393 g/mol. The first-order valence-electron chi connectivity index (χ1n) is 10.2. The molecule has 29 heavy (non-hydrogen) atoms. The van der Waals surface area contributed by atoms with Gasteiger partial charge in [0.05, 0.1) is 6.54 Å². The van der Waals surface area contributed by atoms with Gasteiger partial charge in [0.25, 0.3) is 0 Å². The van der Waals surface area contributed by atoms with Crippen molar-refractivity contribution >= 4 is 5.91 Å². The molecule has 8 heteroatoms. The Morgan fingerprint density at radius 1 is 1.21 bits per heavy atom. The number of nitrogens with one attached hydrogen (secondary N) is 1. The van der Waals surface area contributed by atoms with Crippen molar-refractivity contribution in [3.8, 4) is 0 Å². The van der Waals surface area contributed by atoms with E-state index < -0.39 is 0 Å². The van der Waals surface area contributed by atoms with E-state index in [9.17, 15) is 4.79 Å². The molecule has 8 nitrogen and oxygen atoms in total. The fourth-order valence-corrected chi connectivity index (χ4v) is 4.44. The molecule has 2 heterocycles. The Hall–Kier alpha value is -3.03. The van der Waals surface area contributed by atoms with Crippen molar-refractivity contribution in [3.63, 3.8) is 0 Å². The van der Waals surface area contributed by atoms with Crippen LogP contribution >= 0.6 is 0 Å². The molecule has 2 aromatic heterocycles. The number of tetrazole rings is 1. The number of nitrogens with zero attached hydrogens (tertiary/aromatic N) is 6. The topological polar surface area (TPSA) is 90.5 Å². The molecule has 1 N–H and O–H groups in total. The highest BCUT2D eigenvalue weighted by molar-refractivity contribution is 5.77. The van der Waals surface area contributed by atoms with Crippen LogP contribution in [0.1, 0.15) is 56.0 Å². The van der Waals surface area contributed by atoms with E-state index in [4.69, 9.17) is 0 Å². The second kappa shape index (κ2) is 8.55. The number of rotatable bonds is 7. The normalized spacial score (nSPS) is 17.0. The Labute approximate surface area is 170 Å². The van der Waals surface area contributed by atoms with Gasteiger partial charge in [-0.05, 0) is 34.2 Å². The molecule has 0 radical (unpaired) electrons. The van der Waals surface area contributed by atoms with Crippen LogP contribution in [0.2, 0.25) is 0 Å². The molecule has 1 aliphatic carbocycles. The summed E-state index contributed by atoms with van der Waals surface area (Å²) in [6, 6.07) is 9.71. The fourth-order valence-electron chi connectivity index (χ4n) is 4.44. The van der Waals surface area contributed by atoms with Gasteiger partial charge in [0.1, 0.15) is 18.2 Å². The van der Waals surface area contributed by atoms with Crippen LogP contribution in [0, 0.1) is 5.41 Å². The molecule has 0 spiro atoms. The van der Waals surface area contributed by atoms with Crippen molar-refractivity contribution in [2.45, 2.75) is 51.1 Å². The molecule has 1 aliphatic rings. The molecule has 0 bridgehead atoms. The van der Waals surface area contributed by atoms with Crippen LogP contribution in [0.25, 0.3) is 0 Å². The smallest absolute Gasteiger partial charge is 0.221 e. The average Bonchev–Trinajstić information content (AvgIpc) is 3.39. The van der Waals surface area contributed by atoms with Gasteiger partial charge in [0.2, 0.25) is 5.91 Å². The Kier molecular flexibility index (Phi) is 5.69.